The molecule has 1 aliphatic carbocycles. The van der Waals surface area contributed by atoms with Gasteiger partial charge in [0.05, 0.1) is 18.3 Å². The molecule has 1 aromatic carbocycles. The zero-order valence-electron chi connectivity index (χ0n) is 30.6. The number of benzene rings is 1. The molecule has 2 aliphatic heterocycles. The van der Waals surface area contributed by atoms with E-state index in [0.29, 0.717) is 47.4 Å². The molecule has 13 nitrogen and oxygen atoms in total. The van der Waals surface area contributed by atoms with Crippen LogP contribution in [0.2, 0.25) is 0 Å². The zero-order valence-corrected chi connectivity index (χ0v) is 30.6. The Morgan fingerprint density at radius 3 is 2.49 bits per heavy atom. The predicted molar refractivity (Wildman–Crippen MR) is 199 cm³/mol. The van der Waals surface area contributed by atoms with Crippen molar-refractivity contribution in [2.45, 2.75) is 89.6 Å². The third kappa shape index (κ3) is 7.06. The smallest absolute Gasteiger partial charge is 0.314 e. The lowest BCUT2D eigenvalue weighted by Gasteiger charge is -2.40. The summed E-state index contributed by atoms with van der Waals surface area (Å²) in [6, 6.07) is 11.5. The van der Waals surface area contributed by atoms with Crippen molar-refractivity contribution in [1.82, 2.24) is 35.2 Å². The van der Waals surface area contributed by atoms with Crippen LogP contribution in [0.15, 0.2) is 53.3 Å². The second kappa shape index (κ2) is 14.8. The first-order valence-corrected chi connectivity index (χ1v) is 19.0. The molecule has 3 aliphatic rings. The lowest BCUT2D eigenvalue weighted by molar-refractivity contribution is -0.140. The number of anilines is 1. The van der Waals surface area contributed by atoms with Crippen LogP contribution in [0.4, 0.5) is 5.95 Å². The van der Waals surface area contributed by atoms with Crippen LogP contribution in [-0.2, 0) is 11.2 Å². The summed E-state index contributed by atoms with van der Waals surface area (Å²) in [5.74, 6) is 0.821. The van der Waals surface area contributed by atoms with E-state index in [1.165, 1.54) is 11.1 Å². The first-order chi connectivity index (χ1) is 25.7. The third-order valence-electron chi connectivity index (χ3n) is 11.8. The lowest BCUT2D eigenvalue weighted by atomic mass is 9.83. The minimum atomic E-state index is -0.913. The maximum Gasteiger partial charge on any atom is 0.314 e. The van der Waals surface area contributed by atoms with E-state index in [4.69, 9.17) is 19.2 Å². The Balaban J connectivity index is 0.832. The number of aromatic nitrogens is 6. The molecule has 4 aromatic heterocycles. The zero-order chi connectivity index (χ0) is 36.6. The number of ether oxygens (including phenoxy) is 1. The van der Waals surface area contributed by atoms with Crippen molar-refractivity contribution in [3.8, 4) is 22.9 Å². The maximum atomic E-state index is 11.6. The fraction of sp³-hybridized carbons (Fsp3) is 0.500. The Bertz CT molecular complexity index is 2050. The van der Waals surface area contributed by atoms with E-state index in [2.05, 4.69) is 37.1 Å². The molecule has 5 aromatic rings. The Morgan fingerprint density at radius 1 is 1.02 bits per heavy atom. The highest BCUT2D eigenvalue weighted by Crippen LogP contribution is 2.39. The van der Waals surface area contributed by atoms with Crippen molar-refractivity contribution >= 4 is 23.0 Å². The number of likely N-dealkylation sites (tertiary alicyclic amines) is 1. The molecule has 1 unspecified atom stereocenters. The summed E-state index contributed by atoms with van der Waals surface area (Å²) in [4.78, 5) is 29.9. The number of fused-ring (bicyclic) bond motifs is 3. The number of aromatic amines is 1. The van der Waals surface area contributed by atoms with E-state index >= 15 is 0 Å². The third-order valence-corrected chi connectivity index (χ3v) is 11.8. The minimum Gasteiger partial charge on any atom is -0.507 e. The molecule has 6 heterocycles. The van der Waals surface area contributed by atoms with Crippen LogP contribution >= 0.6 is 0 Å². The number of carboxylic acid groups (broad SMARTS) is 1. The molecule has 2 atom stereocenters. The largest absolute Gasteiger partial charge is 0.507 e. The van der Waals surface area contributed by atoms with Gasteiger partial charge in [0.2, 0.25) is 5.95 Å². The summed E-state index contributed by atoms with van der Waals surface area (Å²) in [7, 11) is 0. The molecule has 8 rings (SSSR count). The highest BCUT2D eigenvalue weighted by atomic mass is 16.5. The Labute approximate surface area is 308 Å². The number of H-pyrrole nitrogens is 1. The first-order valence-electron chi connectivity index (χ1n) is 19.0. The van der Waals surface area contributed by atoms with Gasteiger partial charge in [-0.2, -0.15) is 0 Å². The molecule has 0 spiro atoms. The summed E-state index contributed by atoms with van der Waals surface area (Å²) >= 11 is 0. The fourth-order valence-corrected chi connectivity index (χ4v) is 8.80. The van der Waals surface area contributed by atoms with Crippen molar-refractivity contribution < 1.29 is 24.3 Å². The Hall–Kier alpha value is -5.04. The van der Waals surface area contributed by atoms with Gasteiger partial charge >= 0.3 is 5.97 Å². The van der Waals surface area contributed by atoms with Crippen molar-refractivity contribution in [3.63, 3.8) is 0 Å². The summed E-state index contributed by atoms with van der Waals surface area (Å²) in [5, 5.41) is 33.8. The number of hydrogen-bond acceptors (Lipinski definition) is 11. The number of carbonyl (C=O) groups is 1. The molecule has 3 N–H and O–H groups in total. The Morgan fingerprint density at radius 2 is 1.77 bits per heavy atom. The maximum absolute atomic E-state index is 11.6. The van der Waals surface area contributed by atoms with Crippen LogP contribution in [-0.4, -0.2) is 83.7 Å². The van der Waals surface area contributed by atoms with Crippen LogP contribution in [0.5, 0.6) is 11.6 Å². The number of phenols is 1. The van der Waals surface area contributed by atoms with Crippen LogP contribution in [0, 0.1) is 11.8 Å². The number of rotatable bonds is 10. The number of nitrogens with one attached hydrogen (secondary N) is 1. The van der Waals surface area contributed by atoms with Crippen LogP contribution in [0.1, 0.15) is 99.8 Å². The number of hydrogen-bond donors (Lipinski definition) is 3. The molecular formula is C40H48N8O5. The van der Waals surface area contributed by atoms with Crippen LogP contribution in [0.25, 0.3) is 22.3 Å². The van der Waals surface area contributed by atoms with Gasteiger partial charge in [-0.05, 0) is 105 Å². The molecule has 13 heteroatoms. The van der Waals surface area contributed by atoms with E-state index in [1.54, 1.807) is 18.2 Å². The van der Waals surface area contributed by atoms with Gasteiger partial charge in [-0.25, -0.2) is 9.97 Å². The topological polar surface area (TPSA) is 167 Å². The number of aliphatic carboxylic acids is 1. The average Bonchev–Trinajstić information content (AvgIpc) is 3.79. The number of para-hydroxylation sites is 1. The van der Waals surface area contributed by atoms with Gasteiger partial charge in [-0.15, -0.1) is 10.2 Å². The molecule has 53 heavy (non-hydrogen) atoms. The summed E-state index contributed by atoms with van der Waals surface area (Å²) < 4.78 is 11.3. The highest BCUT2D eigenvalue weighted by Gasteiger charge is 2.33. The van der Waals surface area contributed by atoms with Gasteiger partial charge in [-0.3, -0.25) is 4.79 Å². The fourth-order valence-electron chi connectivity index (χ4n) is 8.80. The van der Waals surface area contributed by atoms with E-state index in [1.807, 2.05) is 44.4 Å². The van der Waals surface area contributed by atoms with E-state index in [9.17, 15) is 15.0 Å². The summed E-state index contributed by atoms with van der Waals surface area (Å²) in [6.45, 7) is 9.45. The van der Waals surface area contributed by atoms with Crippen LogP contribution < -0.4 is 9.64 Å². The highest BCUT2D eigenvalue weighted by molar-refractivity contribution is 5.86. The van der Waals surface area contributed by atoms with Gasteiger partial charge in [0, 0.05) is 59.7 Å². The Kier molecular flexibility index (Phi) is 9.76. The van der Waals surface area contributed by atoms with E-state index < -0.39 is 11.9 Å². The van der Waals surface area contributed by atoms with Gasteiger partial charge in [-0.1, -0.05) is 26.0 Å². The van der Waals surface area contributed by atoms with E-state index in [0.717, 1.165) is 87.3 Å². The van der Waals surface area contributed by atoms with Crippen molar-refractivity contribution in [3.05, 3.63) is 71.4 Å². The molecule has 2 fully saturated rings. The molecule has 1 saturated carbocycles. The van der Waals surface area contributed by atoms with Gasteiger partial charge in [0.1, 0.15) is 11.7 Å². The predicted octanol–water partition coefficient (Wildman–Crippen LogP) is 6.87. The molecule has 0 radical (unpaired) electrons. The SMILES string of the molecule is CC(C)C(C(=O)O)c1cc(OCC2CCC(N3CCC(c4cnc(N5CCc6[nH]c7nnc(-c8ccccc8O)cc7c6[C@H]5C)nc4)CC3)CC2)no1. The van der Waals surface area contributed by atoms with Crippen molar-refractivity contribution in [2.75, 3.05) is 31.1 Å². The number of nitrogens with zero attached hydrogens (tertiary/aromatic N) is 7. The average molecular weight is 721 g/mol. The van der Waals surface area contributed by atoms with E-state index in [-0.39, 0.29) is 17.7 Å². The number of aromatic hydroxyl groups is 1. The molecule has 1 saturated heterocycles. The quantitative estimate of drug-likeness (QED) is 0.137. The standard InChI is InChI=1S/C40H48N8O5/c1-23(2)36(39(50)51)34-19-35(46-53-34)52-22-25-8-10-28(11-9-25)47-15-12-26(13-16-47)27-20-41-40(42-21-27)48-17-14-31-37(24(48)3)30-18-32(44-45-38(30)43-31)29-6-4-5-7-33(29)49/h4-7,18-21,23-26,28,36,49H,8-17,22H2,1-3H3,(H,43,45)(H,50,51)/t24-,25?,28?,36?/m1/s1. The number of piperidine rings is 1. The molecule has 278 valence electrons. The van der Waals surface area contributed by atoms with Crippen molar-refractivity contribution in [2.24, 2.45) is 11.8 Å². The van der Waals surface area contributed by atoms with Gasteiger partial charge < -0.3 is 34.3 Å². The molecular weight excluding hydrogens is 672 g/mol. The molecule has 0 amide bonds. The number of phenolic OH excluding ortho intramolecular Hbond substituents is 1. The van der Waals surface area contributed by atoms with Gasteiger partial charge in [0.15, 0.2) is 11.4 Å². The second-order valence-electron chi connectivity index (χ2n) is 15.4. The summed E-state index contributed by atoms with van der Waals surface area (Å²) in [5.41, 5.74) is 5.62. The van der Waals surface area contributed by atoms with Gasteiger partial charge in [0.25, 0.3) is 5.88 Å². The first kappa shape index (κ1) is 35.0. The number of carboxylic acids is 1. The lowest BCUT2D eigenvalue weighted by Crippen LogP contribution is -2.43. The normalized spacial score (nSPS) is 21.9. The summed E-state index contributed by atoms with van der Waals surface area (Å²) in [6.07, 6.45) is 11.6. The minimum absolute atomic E-state index is 0.0427. The van der Waals surface area contributed by atoms with Crippen molar-refractivity contribution in [1.29, 1.82) is 0 Å². The molecule has 0 bridgehead atoms. The second-order valence-corrected chi connectivity index (χ2v) is 15.4. The van der Waals surface area contributed by atoms with Crippen LogP contribution in [0.3, 0.4) is 0 Å². The monoisotopic (exact) mass is 720 g/mol.